The Balaban J connectivity index is 1.97. The molecular weight excluding hydrogens is 344 g/mol. The fourth-order valence-electron chi connectivity index (χ4n) is 2.77. The van der Waals surface area contributed by atoms with E-state index in [1.165, 1.54) is 24.8 Å². The molecule has 0 amide bonds. The molecule has 0 fully saturated rings. The number of hydrogen-bond acceptors (Lipinski definition) is 2. The molecule has 0 saturated heterocycles. The third-order valence-electron chi connectivity index (χ3n) is 4.80. The zero-order valence-electron chi connectivity index (χ0n) is 16.0. The molecule has 2 rings (SSSR count). The van der Waals surface area contributed by atoms with Crippen LogP contribution in [0.25, 0.3) is 11.1 Å². The van der Waals surface area contributed by atoms with Gasteiger partial charge in [-0.05, 0) is 47.6 Å². The molecule has 140 valence electrons. The van der Waals surface area contributed by atoms with Crippen LogP contribution >= 0.6 is 11.6 Å². The zero-order chi connectivity index (χ0) is 18.9. The zero-order valence-corrected chi connectivity index (χ0v) is 16.8. The summed E-state index contributed by atoms with van der Waals surface area (Å²) < 4.78 is 5.39. The third-order valence-corrected chi connectivity index (χ3v) is 5.41. The van der Waals surface area contributed by atoms with E-state index in [0.717, 1.165) is 24.0 Å². The molecule has 2 aromatic carbocycles. The standard InChI is InChI=1S/C23H29ClO2/c1-4-6-7-8-18-9-11-19(12-10-18)20-13-15-21(16-14-20)26-23(25)22(24)17(3)5-2/h9-17,22H,4-8H2,1-3H3. The number of esters is 1. The first kappa shape index (κ1) is 20.5. The molecule has 0 heterocycles. The van der Waals surface area contributed by atoms with Gasteiger partial charge in [0, 0.05) is 0 Å². The van der Waals surface area contributed by atoms with Crippen LogP contribution in [-0.2, 0) is 11.2 Å². The van der Waals surface area contributed by atoms with E-state index in [1.807, 2.05) is 38.1 Å². The van der Waals surface area contributed by atoms with Crippen molar-refractivity contribution >= 4 is 17.6 Å². The van der Waals surface area contributed by atoms with Crippen LogP contribution in [0.4, 0.5) is 0 Å². The summed E-state index contributed by atoms with van der Waals surface area (Å²) in [5.74, 6) is 0.244. The molecule has 2 nitrogen and oxygen atoms in total. The summed E-state index contributed by atoms with van der Waals surface area (Å²) in [6, 6.07) is 16.3. The first-order chi connectivity index (χ1) is 12.5. The first-order valence-electron chi connectivity index (χ1n) is 9.60. The highest BCUT2D eigenvalue weighted by Crippen LogP contribution is 2.24. The van der Waals surface area contributed by atoms with Gasteiger partial charge in [-0.1, -0.05) is 76.4 Å². The van der Waals surface area contributed by atoms with Gasteiger partial charge >= 0.3 is 5.97 Å². The fourth-order valence-corrected chi connectivity index (χ4v) is 2.99. The van der Waals surface area contributed by atoms with E-state index in [0.29, 0.717) is 5.75 Å². The van der Waals surface area contributed by atoms with E-state index < -0.39 is 5.38 Å². The fraction of sp³-hybridized carbons (Fsp3) is 0.435. The number of ether oxygens (including phenoxy) is 1. The Morgan fingerprint density at radius 2 is 1.54 bits per heavy atom. The normalized spacial score (nSPS) is 13.2. The molecule has 0 aromatic heterocycles. The van der Waals surface area contributed by atoms with Gasteiger partial charge in [-0.3, -0.25) is 4.79 Å². The maximum Gasteiger partial charge on any atom is 0.329 e. The summed E-state index contributed by atoms with van der Waals surface area (Å²) in [5, 5.41) is -0.611. The molecular formula is C23H29ClO2. The van der Waals surface area contributed by atoms with E-state index in [1.54, 1.807) is 0 Å². The van der Waals surface area contributed by atoms with Gasteiger partial charge in [0.05, 0.1) is 0 Å². The van der Waals surface area contributed by atoms with E-state index in [9.17, 15) is 4.79 Å². The average Bonchev–Trinajstić information content (AvgIpc) is 2.68. The molecule has 0 radical (unpaired) electrons. The molecule has 3 heteroatoms. The largest absolute Gasteiger partial charge is 0.425 e. The summed E-state index contributed by atoms with van der Waals surface area (Å²) in [4.78, 5) is 12.1. The molecule has 2 aromatic rings. The van der Waals surface area contributed by atoms with Crippen LogP contribution in [0.1, 0.15) is 52.0 Å². The van der Waals surface area contributed by atoms with Crippen molar-refractivity contribution in [2.75, 3.05) is 0 Å². The van der Waals surface area contributed by atoms with Crippen molar-refractivity contribution in [2.24, 2.45) is 5.92 Å². The van der Waals surface area contributed by atoms with Crippen LogP contribution in [0.15, 0.2) is 48.5 Å². The maximum atomic E-state index is 12.1. The quantitative estimate of drug-likeness (QED) is 0.213. The molecule has 0 saturated carbocycles. The highest BCUT2D eigenvalue weighted by molar-refractivity contribution is 6.30. The Bertz CT molecular complexity index is 676. The Kier molecular flexibility index (Phi) is 8.18. The van der Waals surface area contributed by atoms with Crippen LogP contribution in [0.5, 0.6) is 5.75 Å². The van der Waals surface area contributed by atoms with Gasteiger partial charge in [-0.25, -0.2) is 0 Å². The topological polar surface area (TPSA) is 26.3 Å². The van der Waals surface area contributed by atoms with Crippen LogP contribution < -0.4 is 4.74 Å². The minimum atomic E-state index is -0.611. The average molecular weight is 373 g/mol. The van der Waals surface area contributed by atoms with Gasteiger partial charge in [0.15, 0.2) is 0 Å². The predicted molar refractivity (Wildman–Crippen MR) is 110 cm³/mol. The summed E-state index contributed by atoms with van der Waals surface area (Å²) >= 11 is 6.14. The lowest BCUT2D eigenvalue weighted by molar-refractivity contribution is -0.134. The number of carbonyl (C=O) groups is 1. The van der Waals surface area contributed by atoms with Crippen LogP contribution in [0.3, 0.4) is 0 Å². The first-order valence-corrected chi connectivity index (χ1v) is 10.0. The summed E-state index contributed by atoms with van der Waals surface area (Å²) in [6.45, 7) is 6.19. The molecule has 0 spiro atoms. The van der Waals surface area contributed by atoms with Gasteiger partial charge in [0.25, 0.3) is 0 Å². The number of alkyl halides is 1. The number of benzene rings is 2. The van der Waals surface area contributed by atoms with E-state index in [2.05, 4.69) is 31.2 Å². The monoisotopic (exact) mass is 372 g/mol. The van der Waals surface area contributed by atoms with Crippen molar-refractivity contribution in [3.63, 3.8) is 0 Å². The second-order valence-corrected chi connectivity index (χ2v) is 7.36. The molecule has 2 atom stereocenters. The van der Waals surface area contributed by atoms with Crippen molar-refractivity contribution in [3.8, 4) is 16.9 Å². The van der Waals surface area contributed by atoms with E-state index in [-0.39, 0.29) is 11.9 Å². The number of unbranched alkanes of at least 4 members (excludes halogenated alkanes) is 2. The van der Waals surface area contributed by atoms with Crippen molar-refractivity contribution in [1.82, 2.24) is 0 Å². The lowest BCUT2D eigenvalue weighted by Gasteiger charge is -2.15. The summed E-state index contributed by atoms with van der Waals surface area (Å²) in [6.07, 6.45) is 5.75. The van der Waals surface area contributed by atoms with Crippen molar-refractivity contribution in [3.05, 3.63) is 54.1 Å². The second kappa shape index (κ2) is 10.4. The van der Waals surface area contributed by atoms with Crippen LogP contribution in [-0.4, -0.2) is 11.3 Å². The van der Waals surface area contributed by atoms with Gasteiger partial charge < -0.3 is 4.74 Å². The smallest absolute Gasteiger partial charge is 0.329 e. The lowest BCUT2D eigenvalue weighted by Crippen LogP contribution is -2.26. The lowest BCUT2D eigenvalue weighted by atomic mass is 10.0. The van der Waals surface area contributed by atoms with E-state index in [4.69, 9.17) is 16.3 Å². The third kappa shape index (κ3) is 5.88. The molecule has 0 aliphatic heterocycles. The maximum absolute atomic E-state index is 12.1. The van der Waals surface area contributed by atoms with Gasteiger partial charge in [0.2, 0.25) is 0 Å². The minimum absolute atomic E-state index is 0.0966. The molecule has 0 bridgehead atoms. The Labute approximate surface area is 162 Å². The highest BCUT2D eigenvalue weighted by Gasteiger charge is 2.23. The Hall–Kier alpha value is -1.80. The summed E-state index contributed by atoms with van der Waals surface area (Å²) in [5.41, 5.74) is 3.65. The second-order valence-electron chi connectivity index (χ2n) is 6.89. The van der Waals surface area contributed by atoms with E-state index >= 15 is 0 Å². The van der Waals surface area contributed by atoms with Crippen LogP contribution in [0.2, 0.25) is 0 Å². The number of carbonyl (C=O) groups excluding carboxylic acids is 1. The van der Waals surface area contributed by atoms with Crippen molar-refractivity contribution in [1.29, 1.82) is 0 Å². The molecule has 26 heavy (non-hydrogen) atoms. The molecule has 0 aliphatic carbocycles. The molecule has 2 unspecified atom stereocenters. The highest BCUT2D eigenvalue weighted by atomic mass is 35.5. The summed E-state index contributed by atoms with van der Waals surface area (Å²) in [7, 11) is 0. The number of rotatable bonds is 9. The predicted octanol–water partition coefficient (Wildman–Crippen LogP) is 6.65. The Morgan fingerprint density at radius 1 is 0.962 bits per heavy atom. The minimum Gasteiger partial charge on any atom is -0.425 e. The number of aryl methyl sites for hydroxylation is 1. The molecule has 0 aliphatic rings. The SMILES string of the molecule is CCCCCc1ccc(-c2ccc(OC(=O)C(Cl)C(C)CC)cc2)cc1. The number of halogens is 1. The molecule has 0 N–H and O–H groups in total. The van der Waals surface area contributed by atoms with Gasteiger partial charge in [-0.15, -0.1) is 11.6 Å². The van der Waals surface area contributed by atoms with Crippen molar-refractivity contribution in [2.45, 2.75) is 58.3 Å². The number of hydrogen-bond donors (Lipinski definition) is 0. The van der Waals surface area contributed by atoms with Gasteiger partial charge in [0.1, 0.15) is 11.1 Å². The Morgan fingerprint density at radius 3 is 2.08 bits per heavy atom. The van der Waals surface area contributed by atoms with Gasteiger partial charge in [-0.2, -0.15) is 0 Å². The van der Waals surface area contributed by atoms with Crippen molar-refractivity contribution < 1.29 is 9.53 Å². The van der Waals surface area contributed by atoms with Crippen LogP contribution in [0, 0.1) is 5.92 Å².